The Morgan fingerprint density at radius 3 is 2.67 bits per heavy atom. The first-order chi connectivity index (χ1) is 13.1. The van der Waals surface area contributed by atoms with Crippen LogP contribution < -0.4 is 10.2 Å². The van der Waals surface area contributed by atoms with E-state index in [4.69, 9.17) is 16.3 Å². The minimum Gasteiger partial charge on any atom is -0.423 e. The van der Waals surface area contributed by atoms with E-state index in [0.29, 0.717) is 21.9 Å². The van der Waals surface area contributed by atoms with E-state index in [0.717, 1.165) is 0 Å². The van der Waals surface area contributed by atoms with Gasteiger partial charge in [0.1, 0.15) is 11.4 Å². The van der Waals surface area contributed by atoms with Crippen molar-refractivity contribution in [3.05, 3.63) is 89.0 Å². The van der Waals surface area contributed by atoms with E-state index in [1.54, 1.807) is 48.5 Å². The highest BCUT2D eigenvalue weighted by Gasteiger charge is 2.09. The molecule has 8 heteroatoms. The first-order valence-electron chi connectivity index (χ1n) is 7.79. The largest absolute Gasteiger partial charge is 0.423 e. The van der Waals surface area contributed by atoms with Gasteiger partial charge in [-0.15, -0.1) is 0 Å². The predicted octanol–water partition coefficient (Wildman–Crippen LogP) is 3.11. The molecule has 1 amide bonds. The first-order valence-corrected chi connectivity index (χ1v) is 8.17. The van der Waals surface area contributed by atoms with Crippen LogP contribution in [0.4, 0.5) is 0 Å². The second-order valence-corrected chi connectivity index (χ2v) is 5.70. The Morgan fingerprint density at radius 2 is 1.93 bits per heavy atom. The Bertz CT molecular complexity index is 976. The van der Waals surface area contributed by atoms with E-state index < -0.39 is 11.9 Å². The van der Waals surface area contributed by atoms with Gasteiger partial charge in [0.05, 0.1) is 18.0 Å². The molecule has 0 fully saturated rings. The van der Waals surface area contributed by atoms with Crippen LogP contribution in [0, 0.1) is 0 Å². The number of carbonyl (C=O) groups is 2. The molecular weight excluding hydrogens is 368 g/mol. The average Bonchev–Trinajstić information content (AvgIpc) is 2.69. The van der Waals surface area contributed by atoms with Gasteiger partial charge in [-0.25, -0.2) is 15.2 Å². The normalized spacial score (nSPS) is 10.6. The minimum absolute atomic E-state index is 0.153. The van der Waals surface area contributed by atoms with Gasteiger partial charge in [-0.3, -0.25) is 9.78 Å². The smallest absolute Gasteiger partial charge is 0.343 e. The second-order valence-electron chi connectivity index (χ2n) is 5.26. The number of nitrogens with one attached hydrogen (secondary N) is 1. The molecular formula is C19H13ClN4O3. The van der Waals surface area contributed by atoms with Crippen molar-refractivity contribution in [1.82, 2.24) is 15.4 Å². The van der Waals surface area contributed by atoms with Crippen molar-refractivity contribution in [3.63, 3.8) is 0 Å². The summed E-state index contributed by atoms with van der Waals surface area (Å²) in [6, 6.07) is 13.1. The predicted molar refractivity (Wildman–Crippen MR) is 99.9 cm³/mol. The van der Waals surface area contributed by atoms with Crippen molar-refractivity contribution in [1.29, 1.82) is 0 Å². The van der Waals surface area contributed by atoms with Crippen LogP contribution in [0.1, 0.15) is 26.4 Å². The Balaban J connectivity index is 1.62. The van der Waals surface area contributed by atoms with Crippen LogP contribution in [0.25, 0.3) is 0 Å². The Labute approximate surface area is 159 Å². The molecule has 0 saturated heterocycles. The molecule has 1 heterocycles. The average molecular weight is 381 g/mol. The lowest BCUT2D eigenvalue weighted by atomic mass is 10.2. The highest BCUT2D eigenvalue weighted by atomic mass is 35.5. The third-order valence-electron chi connectivity index (χ3n) is 3.32. The van der Waals surface area contributed by atoms with Gasteiger partial charge in [-0.2, -0.15) is 5.10 Å². The number of ether oxygens (including phenoxy) is 1. The summed E-state index contributed by atoms with van der Waals surface area (Å²) in [6.45, 7) is 0. The lowest BCUT2D eigenvalue weighted by Gasteiger charge is -2.05. The molecule has 0 aliphatic rings. The van der Waals surface area contributed by atoms with Gasteiger partial charge in [0.2, 0.25) is 0 Å². The monoisotopic (exact) mass is 380 g/mol. The number of hydrogen-bond donors (Lipinski definition) is 1. The maximum atomic E-state index is 12.1. The Kier molecular flexibility index (Phi) is 5.86. The molecule has 1 aromatic heterocycles. The number of carbonyl (C=O) groups excluding carboxylic acids is 2. The topological polar surface area (TPSA) is 93.5 Å². The molecule has 0 bridgehead atoms. The molecule has 2 aromatic carbocycles. The highest BCUT2D eigenvalue weighted by molar-refractivity contribution is 6.30. The van der Waals surface area contributed by atoms with Crippen LogP contribution in [0.2, 0.25) is 5.02 Å². The molecule has 0 unspecified atom stereocenters. The highest BCUT2D eigenvalue weighted by Crippen LogP contribution is 2.16. The van der Waals surface area contributed by atoms with Crippen LogP contribution in [0.5, 0.6) is 5.75 Å². The number of rotatable bonds is 5. The molecule has 134 valence electrons. The molecule has 27 heavy (non-hydrogen) atoms. The fourth-order valence-corrected chi connectivity index (χ4v) is 2.18. The van der Waals surface area contributed by atoms with E-state index in [-0.39, 0.29) is 5.69 Å². The van der Waals surface area contributed by atoms with Crippen LogP contribution in [-0.4, -0.2) is 28.1 Å². The lowest BCUT2D eigenvalue weighted by molar-refractivity contribution is 0.0734. The van der Waals surface area contributed by atoms with Crippen LogP contribution in [0.15, 0.2) is 72.2 Å². The molecule has 3 rings (SSSR count). The summed E-state index contributed by atoms with van der Waals surface area (Å²) in [4.78, 5) is 31.6. The molecule has 3 aromatic rings. The van der Waals surface area contributed by atoms with Crippen LogP contribution in [0.3, 0.4) is 0 Å². The van der Waals surface area contributed by atoms with Crippen molar-refractivity contribution in [3.8, 4) is 5.75 Å². The molecule has 0 atom stereocenters. The van der Waals surface area contributed by atoms with E-state index >= 15 is 0 Å². The molecule has 0 radical (unpaired) electrons. The maximum absolute atomic E-state index is 12.1. The van der Waals surface area contributed by atoms with E-state index in [2.05, 4.69) is 20.5 Å². The van der Waals surface area contributed by atoms with Gasteiger partial charge in [-0.05, 0) is 42.0 Å². The van der Waals surface area contributed by atoms with Gasteiger partial charge in [0.15, 0.2) is 0 Å². The third-order valence-corrected chi connectivity index (χ3v) is 3.58. The summed E-state index contributed by atoms with van der Waals surface area (Å²) in [5, 5.41) is 4.39. The first kappa shape index (κ1) is 18.2. The van der Waals surface area contributed by atoms with Crippen molar-refractivity contribution in [2.24, 2.45) is 5.10 Å². The SMILES string of the molecule is O=C(Oc1cccc(/C=N\NC(=O)c2cnccn2)c1)c1ccc(Cl)cc1. The second kappa shape index (κ2) is 8.68. The Morgan fingerprint density at radius 1 is 1.11 bits per heavy atom. The number of amides is 1. The zero-order valence-electron chi connectivity index (χ0n) is 13.9. The number of nitrogens with zero attached hydrogens (tertiary/aromatic N) is 3. The van der Waals surface area contributed by atoms with E-state index in [1.165, 1.54) is 24.8 Å². The van der Waals surface area contributed by atoms with Crippen molar-refractivity contribution >= 4 is 29.7 Å². The number of hydrogen-bond acceptors (Lipinski definition) is 6. The van der Waals surface area contributed by atoms with E-state index in [9.17, 15) is 9.59 Å². The lowest BCUT2D eigenvalue weighted by Crippen LogP contribution is -2.19. The molecule has 1 N–H and O–H groups in total. The van der Waals surface area contributed by atoms with E-state index in [1.807, 2.05) is 0 Å². The summed E-state index contributed by atoms with van der Waals surface area (Å²) >= 11 is 5.80. The number of benzene rings is 2. The van der Waals surface area contributed by atoms with Crippen molar-refractivity contribution < 1.29 is 14.3 Å². The zero-order chi connectivity index (χ0) is 19.1. The molecule has 0 spiro atoms. The van der Waals surface area contributed by atoms with Gasteiger partial charge < -0.3 is 4.74 Å². The van der Waals surface area contributed by atoms with Gasteiger partial charge >= 0.3 is 5.97 Å². The summed E-state index contributed by atoms with van der Waals surface area (Å²) in [7, 11) is 0. The summed E-state index contributed by atoms with van der Waals surface area (Å²) in [6.07, 6.45) is 5.64. The molecule has 0 aliphatic heterocycles. The van der Waals surface area contributed by atoms with Gasteiger partial charge in [0.25, 0.3) is 5.91 Å². The van der Waals surface area contributed by atoms with Gasteiger partial charge in [-0.1, -0.05) is 23.7 Å². The number of aromatic nitrogens is 2. The minimum atomic E-state index is -0.503. The van der Waals surface area contributed by atoms with Crippen LogP contribution >= 0.6 is 11.6 Å². The molecule has 0 aliphatic carbocycles. The summed E-state index contributed by atoms with van der Waals surface area (Å²) in [5.41, 5.74) is 3.52. The molecule has 7 nitrogen and oxygen atoms in total. The maximum Gasteiger partial charge on any atom is 0.343 e. The zero-order valence-corrected chi connectivity index (χ0v) is 14.6. The molecule has 0 saturated carbocycles. The third kappa shape index (κ3) is 5.20. The Hall–Kier alpha value is -3.58. The standard InChI is InChI=1S/C19H13ClN4O3/c20-15-6-4-14(5-7-15)19(26)27-16-3-1-2-13(10-16)11-23-24-18(25)17-12-21-8-9-22-17/h1-12H,(H,24,25)/b23-11-. The quantitative estimate of drug-likeness (QED) is 0.317. The fourth-order valence-electron chi connectivity index (χ4n) is 2.05. The number of halogens is 1. The fraction of sp³-hybridized carbons (Fsp3) is 0. The van der Waals surface area contributed by atoms with Gasteiger partial charge in [0, 0.05) is 17.4 Å². The van der Waals surface area contributed by atoms with Crippen molar-refractivity contribution in [2.75, 3.05) is 0 Å². The summed E-state index contributed by atoms with van der Waals surface area (Å²) in [5.74, 6) is -0.638. The van der Waals surface area contributed by atoms with Crippen molar-refractivity contribution in [2.45, 2.75) is 0 Å². The summed E-state index contributed by atoms with van der Waals surface area (Å²) < 4.78 is 5.33. The number of esters is 1. The van der Waals surface area contributed by atoms with Crippen LogP contribution in [-0.2, 0) is 0 Å². The number of hydrazone groups is 1.